The van der Waals surface area contributed by atoms with Crippen molar-refractivity contribution in [3.05, 3.63) is 48.1 Å². The van der Waals surface area contributed by atoms with Crippen molar-refractivity contribution in [1.82, 2.24) is 0 Å². The summed E-state index contributed by atoms with van der Waals surface area (Å²) >= 11 is 0. The fraction of sp³-hybridized carbons (Fsp3) is 0.100. The van der Waals surface area contributed by atoms with Gasteiger partial charge in [0.05, 0.1) is 0 Å². The Morgan fingerprint density at radius 3 is 2.43 bits per heavy atom. The lowest BCUT2D eigenvalue weighted by atomic mass is 10.2. The van der Waals surface area contributed by atoms with Crippen molar-refractivity contribution in [1.29, 1.82) is 0 Å². The molecule has 1 aromatic rings. The van der Waals surface area contributed by atoms with Crippen LogP contribution in [0, 0.1) is 11.6 Å². The summed E-state index contributed by atoms with van der Waals surface area (Å²) in [5.41, 5.74) is 0.262. The molecule has 0 aliphatic heterocycles. The Hall–Kier alpha value is -1.71. The van der Waals surface area contributed by atoms with Gasteiger partial charge in [-0.25, -0.2) is 13.6 Å². The number of carbonyl (C=O) groups is 1. The Labute approximate surface area is 79.8 Å². The molecule has 0 amide bonds. The van der Waals surface area contributed by atoms with E-state index in [1.807, 2.05) is 0 Å². The van der Waals surface area contributed by atoms with Crippen LogP contribution in [0.2, 0.25) is 0 Å². The first-order valence-corrected chi connectivity index (χ1v) is 3.86. The quantitative estimate of drug-likeness (QED) is 0.549. The number of esters is 1. The zero-order valence-electron chi connectivity index (χ0n) is 7.30. The van der Waals surface area contributed by atoms with Gasteiger partial charge < -0.3 is 4.74 Å². The summed E-state index contributed by atoms with van der Waals surface area (Å²) in [7, 11) is 0. The van der Waals surface area contributed by atoms with E-state index in [1.54, 1.807) is 0 Å². The van der Waals surface area contributed by atoms with Crippen molar-refractivity contribution in [2.75, 3.05) is 0 Å². The monoisotopic (exact) mass is 198 g/mol. The minimum atomic E-state index is -0.699. The number of ether oxygens (including phenoxy) is 1. The van der Waals surface area contributed by atoms with Crippen LogP contribution >= 0.6 is 0 Å². The Balaban J connectivity index is 2.67. The van der Waals surface area contributed by atoms with E-state index in [4.69, 9.17) is 0 Å². The third kappa shape index (κ3) is 2.97. The van der Waals surface area contributed by atoms with Gasteiger partial charge in [-0.3, -0.25) is 0 Å². The lowest BCUT2D eigenvalue weighted by molar-refractivity contribution is -0.138. The molecule has 0 atom stereocenters. The fourth-order valence-corrected chi connectivity index (χ4v) is 0.908. The first-order valence-electron chi connectivity index (χ1n) is 3.86. The zero-order chi connectivity index (χ0) is 10.6. The Kier molecular flexibility index (Phi) is 3.34. The molecule has 0 bridgehead atoms. The molecule has 0 saturated heterocycles. The van der Waals surface area contributed by atoms with Crippen molar-refractivity contribution in [3.63, 3.8) is 0 Å². The van der Waals surface area contributed by atoms with Crippen molar-refractivity contribution >= 4 is 5.97 Å². The number of rotatable bonds is 3. The molecule has 0 heterocycles. The molecule has 0 N–H and O–H groups in total. The summed E-state index contributed by atoms with van der Waals surface area (Å²) in [5, 5.41) is 0. The molecule has 1 aromatic carbocycles. The minimum Gasteiger partial charge on any atom is -0.458 e. The molecule has 0 aliphatic rings. The lowest BCUT2D eigenvalue weighted by Crippen LogP contribution is -2.00. The van der Waals surface area contributed by atoms with Gasteiger partial charge in [0, 0.05) is 12.1 Å². The molecule has 14 heavy (non-hydrogen) atoms. The van der Waals surface area contributed by atoms with E-state index < -0.39 is 17.6 Å². The first kappa shape index (κ1) is 10.4. The second-order valence-corrected chi connectivity index (χ2v) is 2.59. The standard InChI is InChI=1S/C10H8F2O2/c1-2-10(13)14-6-7-3-8(11)5-9(12)4-7/h2-5H,1,6H2. The van der Waals surface area contributed by atoms with Crippen LogP contribution < -0.4 is 0 Å². The van der Waals surface area contributed by atoms with Gasteiger partial charge in [-0.1, -0.05) is 6.58 Å². The van der Waals surface area contributed by atoms with E-state index in [1.165, 1.54) is 0 Å². The summed E-state index contributed by atoms with van der Waals surface area (Å²) in [6.07, 6.45) is 0.982. The SMILES string of the molecule is C=CC(=O)OCc1cc(F)cc(F)c1. The van der Waals surface area contributed by atoms with Gasteiger partial charge in [-0.2, -0.15) is 0 Å². The number of halogens is 2. The lowest BCUT2D eigenvalue weighted by Gasteiger charge is -2.02. The average Bonchev–Trinajstić information content (AvgIpc) is 2.12. The first-order chi connectivity index (χ1) is 6.61. The molecule has 74 valence electrons. The van der Waals surface area contributed by atoms with Gasteiger partial charge >= 0.3 is 5.97 Å². The molecule has 2 nitrogen and oxygen atoms in total. The molecule has 0 fully saturated rings. The van der Waals surface area contributed by atoms with E-state index in [0.29, 0.717) is 0 Å². The predicted molar refractivity (Wildman–Crippen MR) is 46.4 cm³/mol. The van der Waals surface area contributed by atoms with Crippen molar-refractivity contribution < 1.29 is 18.3 Å². The van der Waals surface area contributed by atoms with E-state index in [9.17, 15) is 13.6 Å². The van der Waals surface area contributed by atoms with Crippen LogP contribution in [0.15, 0.2) is 30.9 Å². The maximum atomic E-state index is 12.6. The predicted octanol–water partition coefficient (Wildman–Crippen LogP) is 2.19. The highest BCUT2D eigenvalue weighted by molar-refractivity contribution is 5.81. The number of hydrogen-bond acceptors (Lipinski definition) is 2. The third-order valence-electron chi connectivity index (χ3n) is 1.47. The largest absolute Gasteiger partial charge is 0.458 e. The van der Waals surface area contributed by atoms with Gasteiger partial charge in [-0.05, 0) is 17.7 Å². The molecule has 0 unspecified atom stereocenters. The van der Waals surface area contributed by atoms with Gasteiger partial charge in [0.15, 0.2) is 0 Å². The second-order valence-electron chi connectivity index (χ2n) is 2.59. The molecule has 0 aromatic heterocycles. The van der Waals surface area contributed by atoms with Crippen molar-refractivity contribution in [2.45, 2.75) is 6.61 Å². The molecular weight excluding hydrogens is 190 g/mol. The van der Waals surface area contributed by atoms with Crippen LogP contribution in [-0.2, 0) is 16.1 Å². The van der Waals surface area contributed by atoms with Gasteiger partial charge in [0.2, 0.25) is 0 Å². The Morgan fingerprint density at radius 1 is 1.36 bits per heavy atom. The summed E-state index contributed by atoms with van der Waals surface area (Å²) in [4.78, 5) is 10.6. The molecule has 0 spiro atoms. The highest BCUT2D eigenvalue weighted by Crippen LogP contribution is 2.08. The highest BCUT2D eigenvalue weighted by atomic mass is 19.1. The van der Waals surface area contributed by atoms with Crippen LogP contribution in [0.25, 0.3) is 0 Å². The maximum absolute atomic E-state index is 12.6. The van der Waals surface area contributed by atoms with Gasteiger partial charge in [-0.15, -0.1) is 0 Å². The molecular formula is C10H8F2O2. The maximum Gasteiger partial charge on any atom is 0.330 e. The number of benzene rings is 1. The van der Waals surface area contributed by atoms with Crippen LogP contribution in [0.5, 0.6) is 0 Å². The minimum absolute atomic E-state index is 0.167. The van der Waals surface area contributed by atoms with E-state index in [0.717, 1.165) is 24.3 Å². The zero-order valence-corrected chi connectivity index (χ0v) is 7.30. The number of hydrogen-bond donors (Lipinski definition) is 0. The normalized spacial score (nSPS) is 9.57. The molecule has 0 saturated carbocycles. The highest BCUT2D eigenvalue weighted by Gasteiger charge is 2.02. The van der Waals surface area contributed by atoms with Crippen LogP contribution in [0.4, 0.5) is 8.78 Å². The van der Waals surface area contributed by atoms with Crippen molar-refractivity contribution in [3.8, 4) is 0 Å². The van der Waals surface area contributed by atoms with Crippen LogP contribution in [0.1, 0.15) is 5.56 Å². The number of carbonyl (C=O) groups excluding carboxylic acids is 1. The molecule has 4 heteroatoms. The van der Waals surface area contributed by atoms with Crippen LogP contribution in [0.3, 0.4) is 0 Å². The van der Waals surface area contributed by atoms with E-state index in [-0.39, 0.29) is 12.2 Å². The summed E-state index contributed by atoms with van der Waals surface area (Å²) in [6.45, 7) is 3.02. The van der Waals surface area contributed by atoms with E-state index in [2.05, 4.69) is 11.3 Å². The summed E-state index contributed by atoms with van der Waals surface area (Å²) < 4.78 is 29.9. The van der Waals surface area contributed by atoms with Gasteiger partial charge in [0.1, 0.15) is 18.2 Å². The topological polar surface area (TPSA) is 26.3 Å². The fourth-order valence-electron chi connectivity index (χ4n) is 0.908. The smallest absolute Gasteiger partial charge is 0.330 e. The average molecular weight is 198 g/mol. The summed E-state index contributed by atoms with van der Waals surface area (Å²) in [6, 6.07) is 2.94. The third-order valence-corrected chi connectivity index (χ3v) is 1.47. The molecule has 1 rings (SSSR count). The summed E-state index contributed by atoms with van der Waals surface area (Å²) in [5.74, 6) is -2.03. The Bertz CT molecular complexity index is 341. The van der Waals surface area contributed by atoms with E-state index >= 15 is 0 Å². The Morgan fingerprint density at radius 2 is 1.93 bits per heavy atom. The van der Waals surface area contributed by atoms with Crippen molar-refractivity contribution in [2.24, 2.45) is 0 Å². The molecule has 0 aliphatic carbocycles. The van der Waals surface area contributed by atoms with Gasteiger partial charge in [0.25, 0.3) is 0 Å². The molecule has 0 radical (unpaired) electrons. The van der Waals surface area contributed by atoms with Crippen LogP contribution in [-0.4, -0.2) is 5.97 Å². The second kappa shape index (κ2) is 4.50.